The number of benzene rings is 1. The molecule has 0 aliphatic heterocycles. The number of halogens is 1. The van der Waals surface area contributed by atoms with E-state index >= 15 is 0 Å². The van der Waals surface area contributed by atoms with Gasteiger partial charge in [0.2, 0.25) is 0 Å². The van der Waals surface area contributed by atoms with Crippen LogP contribution in [0.5, 0.6) is 0 Å². The first-order chi connectivity index (χ1) is 8.62. The predicted octanol–water partition coefficient (Wildman–Crippen LogP) is 2.95. The summed E-state index contributed by atoms with van der Waals surface area (Å²) in [5.74, 6) is -0.184. The molecule has 1 atom stereocenters. The van der Waals surface area contributed by atoms with E-state index in [2.05, 4.69) is 5.32 Å². The van der Waals surface area contributed by atoms with Crippen LogP contribution in [0.25, 0.3) is 0 Å². The average molecular weight is 288 g/mol. The second-order valence-electron chi connectivity index (χ2n) is 3.94. The number of aliphatic hydroxyl groups excluding tert-OH is 1. The molecule has 3 nitrogen and oxygen atoms in total. The highest BCUT2D eigenvalue weighted by Gasteiger charge is 2.15. The fourth-order valence-electron chi connectivity index (χ4n) is 1.60. The van der Waals surface area contributed by atoms with Gasteiger partial charge < -0.3 is 10.4 Å². The maximum absolute atomic E-state index is 12.1. The Balaban J connectivity index is 2.82. The first-order valence-corrected chi connectivity index (χ1v) is 7.47. The number of aliphatic hydroxyl groups is 1. The lowest BCUT2D eigenvalue weighted by Gasteiger charge is -2.16. The van der Waals surface area contributed by atoms with Crippen LogP contribution >= 0.6 is 23.4 Å². The first kappa shape index (κ1) is 15.3. The van der Waals surface area contributed by atoms with Gasteiger partial charge in [0.1, 0.15) is 0 Å². The second-order valence-corrected chi connectivity index (χ2v) is 5.22. The summed E-state index contributed by atoms with van der Waals surface area (Å²) >= 11 is 7.60. The van der Waals surface area contributed by atoms with Gasteiger partial charge in [-0.2, -0.15) is 0 Å². The van der Waals surface area contributed by atoms with Crippen LogP contribution in [0.1, 0.15) is 30.1 Å². The lowest BCUT2D eigenvalue weighted by atomic mass is 10.1. The van der Waals surface area contributed by atoms with Crippen molar-refractivity contribution in [1.29, 1.82) is 0 Å². The largest absolute Gasteiger partial charge is 0.396 e. The Morgan fingerprint density at radius 1 is 1.56 bits per heavy atom. The molecule has 1 rings (SSSR count). The summed E-state index contributed by atoms with van der Waals surface area (Å²) < 4.78 is 0. The SMILES string of the molecule is CCC(CCO)NC(=O)c1cc(SC)ccc1Cl. The predicted molar refractivity (Wildman–Crippen MR) is 76.5 cm³/mol. The number of hydrogen-bond acceptors (Lipinski definition) is 3. The second kappa shape index (κ2) is 7.67. The molecule has 1 aromatic rings. The van der Waals surface area contributed by atoms with Crippen molar-refractivity contribution in [2.75, 3.05) is 12.9 Å². The molecule has 0 heterocycles. The standard InChI is InChI=1S/C13H18ClNO2S/c1-3-9(6-7-16)15-13(17)11-8-10(18-2)4-5-12(11)14/h4-5,8-9,16H,3,6-7H2,1-2H3,(H,15,17). The van der Waals surface area contributed by atoms with Crippen LogP contribution < -0.4 is 5.32 Å². The Hall–Kier alpha value is -0.710. The third-order valence-electron chi connectivity index (χ3n) is 2.72. The van der Waals surface area contributed by atoms with Crippen molar-refractivity contribution < 1.29 is 9.90 Å². The third kappa shape index (κ3) is 4.19. The smallest absolute Gasteiger partial charge is 0.253 e. The molecule has 0 aromatic heterocycles. The maximum Gasteiger partial charge on any atom is 0.253 e. The highest BCUT2D eigenvalue weighted by molar-refractivity contribution is 7.98. The molecule has 1 unspecified atom stereocenters. The van der Waals surface area contributed by atoms with Crippen molar-refractivity contribution in [2.24, 2.45) is 0 Å². The third-order valence-corrected chi connectivity index (χ3v) is 3.78. The van der Waals surface area contributed by atoms with Crippen molar-refractivity contribution >= 4 is 29.3 Å². The highest BCUT2D eigenvalue weighted by atomic mass is 35.5. The van der Waals surface area contributed by atoms with Crippen molar-refractivity contribution in [3.8, 4) is 0 Å². The van der Waals surface area contributed by atoms with Crippen LogP contribution in [-0.2, 0) is 0 Å². The lowest BCUT2D eigenvalue weighted by Crippen LogP contribution is -2.35. The number of carbonyl (C=O) groups excluding carboxylic acids is 1. The van der Waals surface area contributed by atoms with Crippen LogP contribution in [0.4, 0.5) is 0 Å². The molecule has 0 saturated carbocycles. The first-order valence-electron chi connectivity index (χ1n) is 5.87. The van der Waals surface area contributed by atoms with Crippen molar-refractivity contribution in [3.05, 3.63) is 28.8 Å². The zero-order valence-corrected chi connectivity index (χ0v) is 12.1. The molecular weight excluding hydrogens is 270 g/mol. The van der Waals surface area contributed by atoms with E-state index in [1.54, 1.807) is 23.9 Å². The molecule has 0 aliphatic rings. The zero-order valence-electron chi connectivity index (χ0n) is 10.6. The average Bonchev–Trinajstić information content (AvgIpc) is 2.38. The van der Waals surface area contributed by atoms with Crippen LogP contribution in [0.3, 0.4) is 0 Å². The van der Waals surface area contributed by atoms with Crippen molar-refractivity contribution in [3.63, 3.8) is 0 Å². The monoisotopic (exact) mass is 287 g/mol. The number of nitrogens with one attached hydrogen (secondary N) is 1. The van der Waals surface area contributed by atoms with Gasteiger partial charge in [-0.15, -0.1) is 11.8 Å². The van der Waals surface area contributed by atoms with Gasteiger partial charge in [-0.05, 0) is 37.3 Å². The Kier molecular flexibility index (Phi) is 6.54. The lowest BCUT2D eigenvalue weighted by molar-refractivity contribution is 0.0929. The minimum absolute atomic E-state index is 0.0171. The molecule has 0 fully saturated rings. The summed E-state index contributed by atoms with van der Waals surface area (Å²) in [7, 11) is 0. The Labute approximate surface area is 117 Å². The Morgan fingerprint density at radius 3 is 2.83 bits per heavy atom. The maximum atomic E-state index is 12.1. The van der Waals surface area contributed by atoms with Crippen LogP contribution in [0.15, 0.2) is 23.1 Å². The van der Waals surface area contributed by atoms with Gasteiger partial charge in [0, 0.05) is 17.5 Å². The zero-order chi connectivity index (χ0) is 13.5. The molecule has 0 bridgehead atoms. The Morgan fingerprint density at radius 2 is 2.28 bits per heavy atom. The molecule has 5 heteroatoms. The van der Waals surface area contributed by atoms with E-state index in [1.165, 1.54) is 0 Å². The molecule has 1 aromatic carbocycles. The normalized spacial score (nSPS) is 12.2. The molecule has 0 spiro atoms. The molecule has 0 aliphatic carbocycles. The fraction of sp³-hybridized carbons (Fsp3) is 0.462. The van der Waals surface area contributed by atoms with Gasteiger partial charge in [0.25, 0.3) is 5.91 Å². The summed E-state index contributed by atoms with van der Waals surface area (Å²) in [5.41, 5.74) is 0.486. The number of rotatable bonds is 6. The van der Waals surface area contributed by atoms with E-state index in [0.29, 0.717) is 17.0 Å². The van der Waals surface area contributed by atoms with Crippen LogP contribution in [0, 0.1) is 0 Å². The summed E-state index contributed by atoms with van der Waals surface area (Å²) in [6.45, 7) is 2.04. The quantitative estimate of drug-likeness (QED) is 0.791. The van der Waals surface area contributed by atoms with E-state index < -0.39 is 0 Å². The van der Waals surface area contributed by atoms with Crippen molar-refractivity contribution in [2.45, 2.75) is 30.7 Å². The highest BCUT2D eigenvalue weighted by Crippen LogP contribution is 2.23. The van der Waals surface area contributed by atoms with E-state index in [0.717, 1.165) is 11.3 Å². The van der Waals surface area contributed by atoms with Gasteiger partial charge in [-0.1, -0.05) is 18.5 Å². The van der Waals surface area contributed by atoms with Gasteiger partial charge >= 0.3 is 0 Å². The summed E-state index contributed by atoms with van der Waals surface area (Å²) in [6, 6.07) is 5.38. The van der Waals surface area contributed by atoms with E-state index in [9.17, 15) is 4.79 Å². The molecule has 100 valence electrons. The molecule has 2 N–H and O–H groups in total. The molecule has 0 radical (unpaired) electrons. The number of hydrogen-bond donors (Lipinski definition) is 2. The number of amides is 1. The van der Waals surface area contributed by atoms with Crippen LogP contribution in [-0.4, -0.2) is 29.9 Å². The topological polar surface area (TPSA) is 49.3 Å². The summed E-state index contributed by atoms with van der Waals surface area (Å²) in [6.07, 6.45) is 3.29. The minimum Gasteiger partial charge on any atom is -0.396 e. The molecule has 0 saturated heterocycles. The van der Waals surface area contributed by atoms with E-state index in [4.69, 9.17) is 16.7 Å². The van der Waals surface area contributed by atoms with Gasteiger partial charge in [0.15, 0.2) is 0 Å². The minimum atomic E-state index is -0.184. The van der Waals surface area contributed by atoms with Crippen molar-refractivity contribution in [1.82, 2.24) is 5.32 Å². The summed E-state index contributed by atoms with van der Waals surface area (Å²) in [5, 5.41) is 12.2. The molecular formula is C13H18ClNO2S. The fourth-order valence-corrected chi connectivity index (χ4v) is 2.25. The molecule has 1 amide bonds. The van der Waals surface area contributed by atoms with E-state index in [1.807, 2.05) is 19.2 Å². The van der Waals surface area contributed by atoms with Crippen LogP contribution in [0.2, 0.25) is 5.02 Å². The molecule has 18 heavy (non-hydrogen) atoms. The van der Waals surface area contributed by atoms with E-state index in [-0.39, 0.29) is 18.6 Å². The van der Waals surface area contributed by atoms with Gasteiger partial charge in [-0.25, -0.2) is 0 Å². The van der Waals surface area contributed by atoms with Gasteiger partial charge in [-0.3, -0.25) is 4.79 Å². The Bertz CT molecular complexity index is 412. The van der Waals surface area contributed by atoms with Gasteiger partial charge in [0.05, 0.1) is 10.6 Å². The number of carbonyl (C=O) groups is 1. The number of thioether (sulfide) groups is 1. The summed E-state index contributed by atoms with van der Waals surface area (Å²) in [4.78, 5) is 13.1.